The first-order valence-corrected chi connectivity index (χ1v) is 23.0. The maximum atomic E-state index is 12.8. The molecule has 56 heavy (non-hydrogen) atoms. The van der Waals surface area contributed by atoms with Crippen molar-refractivity contribution in [2.24, 2.45) is 0 Å². The molecule has 0 aliphatic rings. The largest absolute Gasteiger partial charge is 0.477 e. The standard InChI is InChI=1S/C47H87NO8/c1-6-8-10-12-14-16-18-19-20-21-22-23-24-25-26-27-28-30-32-34-36-38-45(50)56-43(42-55-47(46(51)52)53-40-39-48(3,4)5)41-54-44(49)37-35-33-31-29-17-15-13-11-9-7-2/h18-19,21-22,43,47H,6-17,20,23-42H2,1-5H3/p+1/b19-18-,22-21-. The van der Waals surface area contributed by atoms with Crippen LogP contribution in [0, 0.1) is 0 Å². The highest BCUT2D eigenvalue weighted by Gasteiger charge is 2.25. The van der Waals surface area contributed by atoms with Crippen LogP contribution in [0.4, 0.5) is 0 Å². The van der Waals surface area contributed by atoms with Gasteiger partial charge in [-0.05, 0) is 44.9 Å². The highest BCUT2D eigenvalue weighted by molar-refractivity contribution is 5.71. The summed E-state index contributed by atoms with van der Waals surface area (Å²) in [5.74, 6) is -2.01. The van der Waals surface area contributed by atoms with Crippen molar-refractivity contribution in [3.05, 3.63) is 24.3 Å². The molecule has 0 aromatic carbocycles. The van der Waals surface area contributed by atoms with Crippen LogP contribution >= 0.6 is 0 Å². The molecule has 0 fully saturated rings. The van der Waals surface area contributed by atoms with E-state index >= 15 is 0 Å². The van der Waals surface area contributed by atoms with Gasteiger partial charge in [0.15, 0.2) is 6.10 Å². The third-order valence-electron chi connectivity index (χ3n) is 9.96. The molecule has 0 saturated heterocycles. The number of allylic oxidation sites excluding steroid dienone is 4. The first kappa shape index (κ1) is 53.8. The number of carbonyl (C=O) groups excluding carboxylic acids is 2. The zero-order chi connectivity index (χ0) is 41.4. The maximum absolute atomic E-state index is 12.8. The van der Waals surface area contributed by atoms with Crippen LogP contribution < -0.4 is 0 Å². The molecule has 0 aliphatic carbocycles. The minimum atomic E-state index is -1.51. The Hall–Kier alpha value is -2.23. The summed E-state index contributed by atoms with van der Waals surface area (Å²) in [7, 11) is 5.95. The van der Waals surface area contributed by atoms with Crippen molar-refractivity contribution in [2.45, 2.75) is 212 Å². The van der Waals surface area contributed by atoms with Gasteiger partial charge in [0, 0.05) is 12.8 Å². The predicted molar refractivity (Wildman–Crippen MR) is 231 cm³/mol. The molecule has 0 heterocycles. The number of unbranched alkanes of at least 4 members (excludes halogenated alkanes) is 23. The number of carbonyl (C=O) groups is 3. The first-order chi connectivity index (χ1) is 27.1. The summed E-state index contributed by atoms with van der Waals surface area (Å²) in [5.41, 5.74) is 0. The lowest BCUT2D eigenvalue weighted by Crippen LogP contribution is -2.40. The maximum Gasteiger partial charge on any atom is 0.361 e. The number of aliphatic carboxylic acids is 1. The van der Waals surface area contributed by atoms with Crippen LogP contribution in [-0.4, -0.2) is 87.4 Å². The number of quaternary nitrogens is 1. The molecular formula is C47H88NO8+. The normalized spacial score (nSPS) is 13.1. The van der Waals surface area contributed by atoms with E-state index in [1.165, 1.54) is 122 Å². The third kappa shape index (κ3) is 40.0. The van der Waals surface area contributed by atoms with Gasteiger partial charge in [0.05, 0.1) is 34.4 Å². The van der Waals surface area contributed by atoms with Crippen molar-refractivity contribution >= 4 is 17.9 Å². The van der Waals surface area contributed by atoms with Crippen LogP contribution in [0.3, 0.4) is 0 Å². The smallest absolute Gasteiger partial charge is 0.361 e. The van der Waals surface area contributed by atoms with Crippen molar-refractivity contribution in [1.82, 2.24) is 0 Å². The number of nitrogens with zero attached hydrogens (tertiary/aromatic N) is 1. The summed E-state index contributed by atoms with van der Waals surface area (Å²) < 4.78 is 22.7. The van der Waals surface area contributed by atoms with Crippen molar-refractivity contribution in [2.75, 3.05) is 47.5 Å². The molecule has 0 saturated carbocycles. The molecule has 0 aromatic heterocycles. The van der Waals surface area contributed by atoms with Crippen molar-refractivity contribution in [1.29, 1.82) is 0 Å². The topological polar surface area (TPSA) is 108 Å². The number of hydrogen-bond donors (Lipinski definition) is 1. The van der Waals surface area contributed by atoms with Crippen LogP contribution in [-0.2, 0) is 33.3 Å². The van der Waals surface area contributed by atoms with E-state index in [4.69, 9.17) is 18.9 Å². The highest BCUT2D eigenvalue weighted by Crippen LogP contribution is 2.14. The van der Waals surface area contributed by atoms with Gasteiger partial charge in [0.25, 0.3) is 6.29 Å². The molecule has 2 atom stereocenters. The number of carboxylic acids is 1. The summed E-state index contributed by atoms with van der Waals surface area (Å²) in [5, 5.41) is 9.62. The average molecular weight is 795 g/mol. The van der Waals surface area contributed by atoms with Crippen LogP contribution in [0.5, 0.6) is 0 Å². The monoisotopic (exact) mass is 795 g/mol. The average Bonchev–Trinajstić information content (AvgIpc) is 3.15. The molecule has 1 N–H and O–H groups in total. The second kappa shape index (κ2) is 39.6. The highest BCUT2D eigenvalue weighted by atomic mass is 16.7. The fraction of sp³-hybridized carbons (Fsp3) is 0.851. The summed E-state index contributed by atoms with van der Waals surface area (Å²) in [6, 6.07) is 0. The molecule has 2 unspecified atom stereocenters. The number of likely N-dealkylation sites (N-methyl/N-ethyl adjacent to an activating group) is 1. The molecule has 0 rings (SSSR count). The molecule has 0 radical (unpaired) electrons. The molecular weight excluding hydrogens is 707 g/mol. The van der Waals surface area contributed by atoms with E-state index in [-0.39, 0.29) is 32.2 Å². The third-order valence-corrected chi connectivity index (χ3v) is 9.96. The summed E-state index contributed by atoms with van der Waals surface area (Å²) in [6.07, 6.45) is 39.5. The Kier molecular flexibility index (Phi) is 38.0. The molecule has 0 amide bonds. The van der Waals surface area contributed by atoms with Crippen molar-refractivity contribution in [3.63, 3.8) is 0 Å². The second-order valence-corrected chi connectivity index (χ2v) is 16.7. The predicted octanol–water partition coefficient (Wildman–Crippen LogP) is 12.1. The summed E-state index contributed by atoms with van der Waals surface area (Å²) in [4.78, 5) is 37.0. The van der Waals surface area contributed by atoms with E-state index in [0.717, 1.165) is 51.4 Å². The lowest BCUT2D eigenvalue weighted by Gasteiger charge is -2.25. The van der Waals surface area contributed by atoms with Gasteiger partial charge in [-0.15, -0.1) is 0 Å². The van der Waals surface area contributed by atoms with Crippen LogP contribution in [0.1, 0.15) is 200 Å². The summed E-state index contributed by atoms with van der Waals surface area (Å²) in [6.45, 7) is 4.85. The van der Waals surface area contributed by atoms with E-state index in [9.17, 15) is 19.5 Å². The first-order valence-electron chi connectivity index (χ1n) is 23.0. The minimum absolute atomic E-state index is 0.180. The molecule has 328 valence electrons. The second-order valence-electron chi connectivity index (χ2n) is 16.7. The molecule has 9 heteroatoms. The number of esters is 2. The Bertz CT molecular complexity index is 976. The lowest BCUT2D eigenvalue weighted by molar-refractivity contribution is -0.870. The van der Waals surface area contributed by atoms with Gasteiger partial charge < -0.3 is 28.5 Å². The van der Waals surface area contributed by atoms with E-state index in [1.807, 2.05) is 21.1 Å². The summed E-state index contributed by atoms with van der Waals surface area (Å²) >= 11 is 0. The van der Waals surface area contributed by atoms with Gasteiger partial charge in [0.1, 0.15) is 13.2 Å². The molecule has 9 nitrogen and oxygen atoms in total. The Morgan fingerprint density at radius 1 is 0.536 bits per heavy atom. The van der Waals surface area contributed by atoms with Crippen LogP contribution in [0.2, 0.25) is 0 Å². The zero-order valence-electron chi connectivity index (χ0n) is 37.1. The van der Waals surface area contributed by atoms with E-state index in [0.29, 0.717) is 17.4 Å². The lowest BCUT2D eigenvalue weighted by atomic mass is 10.1. The van der Waals surface area contributed by atoms with Gasteiger partial charge in [-0.25, -0.2) is 4.79 Å². The SMILES string of the molecule is CCCCCCC/C=C\C/C=C\CCCCCCCCCCCC(=O)OC(COC(=O)CCCCCCCCCCCC)COC(OCC[N+](C)(C)C)C(=O)O. The fourth-order valence-electron chi connectivity index (χ4n) is 6.34. The Morgan fingerprint density at radius 3 is 1.41 bits per heavy atom. The number of ether oxygens (including phenoxy) is 4. The number of hydrogen-bond acceptors (Lipinski definition) is 7. The number of carboxylic acid groups (broad SMARTS) is 1. The molecule has 0 bridgehead atoms. The zero-order valence-corrected chi connectivity index (χ0v) is 37.1. The Balaban J connectivity index is 4.34. The van der Waals surface area contributed by atoms with E-state index < -0.39 is 24.3 Å². The van der Waals surface area contributed by atoms with E-state index in [1.54, 1.807) is 0 Å². The van der Waals surface area contributed by atoms with Crippen molar-refractivity contribution in [3.8, 4) is 0 Å². The van der Waals surface area contributed by atoms with Gasteiger partial charge in [-0.2, -0.15) is 0 Å². The Labute approximate surface area is 344 Å². The van der Waals surface area contributed by atoms with Crippen LogP contribution in [0.15, 0.2) is 24.3 Å². The Morgan fingerprint density at radius 2 is 0.964 bits per heavy atom. The van der Waals surface area contributed by atoms with Gasteiger partial charge in [-0.1, -0.05) is 167 Å². The molecule has 0 spiro atoms. The number of rotatable bonds is 42. The minimum Gasteiger partial charge on any atom is -0.477 e. The van der Waals surface area contributed by atoms with Gasteiger partial charge in [-0.3, -0.25) is 9.59 Å². The van der Waals surface area contributed by atoms with Gasteiger partial charge in [0.2, 0.25) is 0 Å². The van der Waals surface area contributed by atoms with E-state index in [2.05, 4.69) is 38.2 Å². The van der Waals surface area contributed by atoms with Crippen LogP contribution in [0.25, 0.3) is 0 Å². The molecule has 0 aliphatic heterocycles. The fourth-order valence-corrected chi connectivity index (χ4v) is 6.34. The quantitative estimate of drug-likeness (QED) is 0.0214. The van der Waals surface area contributed by atoms with Crippen molar-refractivity contribution < 1.29 is 42.9 Å². The molecule has 0 aromatic rings. The van der Waals surface area contributed by atoms with Gasteiger partial charge >= 0.3 is 17.9 Å².